The summed E-state index contributed by atoms with van der Waals surface area (Å²) in [4.78, 5) is 11.8. The van der Waals surface area contributed by atoms with Crippen LogP contribution in [-0.4, -0.2) is 5.78 Å². The second-order valence-electron chi connectivity index (χ2n) is 4.35. The first-order valence-corrected chi connectivity index (χ1v) is 5.60. The lowest BCUT2D eigenvalue weighted by Gasteiger charge is -2.16. The van der Waals surface area contributed by atoms with Gasteiger partial charge in [-0.3, -0.25) is 4.79 Å². The maximum atomic E-state index is 11.8. The minimum atomic E-state index is 0.256. The number of hydrogen-bond acceptors (Lipinski definition) is 2. The Morgan fingerprint density at radius 1 is 1.12 bits per heavy atom. The molecular formula is C14H13NO. The van der Waals surface area contributed by atoms with Crippen LogP contribution in [0.25, 0.3) is 10.8 Å². The van der Waals surface area contributed by atoms with Crippen molar-refractivity contribution in [3.05, 3.63) is 41.5 Å². The summed E-state index contributed by atoms with van der Waals surface area (Å²) in [6, 6.07) is 9.95. The Kier molecular flexibility index (Phi) is 1.96. The Morgan fingerprint density at radius 3 is 2.88 bits per heavy atom. The van der Waals surface area contributed by atoms with Crippen molar-refractivity contribution in [3.8, 4) is 0 Å². The van der Waals surface area contributed by atoms with Crippen molar-refractivity contribution >= 4 is 22.2 Å². The highest BCUT2D eigenvalue weighted by atomic mass is 16.1. The Morgan fingerprint density at radius 2 is 2.00 bits per heavy atom. The third kappa shape index (κ3) is 1.30. The van der Waals surface area contributed by atoms with E-state index >= 15 is 0 Å². The molecule has 1 aliphatic rings. The molecule has 0 spiro atoms. The molecule has 0 saturated heterocycles. The van der Waals surface area contributed by atoms with Crippen molar-refractivity contribution in [1.82, 2.24) is 0 Å². The number of carbonyl (C=O) groups is 1. The fourth-order valence-electron chi connectivity index (χ4n) is 2.44. The third-order valence-electron chi connectivity index (χ3n) is 3.29. The number of nitrogen functional groups attached to an aromatic ring is 1. The Balaban J connectivity index is 2.35. The van der Waals surface area contributed by atoms with Crippen LogP contribution in [0.2, 0.25) is 0 Å². The zero-order chi connectivity index (χ0) is 11.1. The quantitative estimate of drug-likeness (QED) is 0.681. The first-order valence-electron chi connectivity index (χ1n) is 5.60. The summed E-state index contributed by atoms with van der Waals surface area (Å²) >= 11 is 0. The molecule has 0 fully saturated rings. The van der Waals surface area contributed by atoms with E-state index in [1.54, 1.807) is 0 Å². The van der Waals surface area contributed by atoms with E-state index in [-0.39, 0.29) is 5.78 Å². The summed E-state index contributed by atoms with van der Waals surface area (Å²) < 4.78 is 0. The third-order valence-corrected chi connectivity index (χ3v) is 3.29. The number of aryl methyl sites for hydroxylation is 1. The van der Waals surface area contributed by atoms with Gasteiger partial charge < -0.3 is 5.73 Å². The molecule has 0 radical (unpaired) electrons. The number of carbonyl (C=O) groups excluding carboxylic acids is 1. The van der Waals surface area contributed by atoms with Gasteiger partial charge in [-0.05, 0) is 35.9 Å². The van der Waals surface area contributed by atoms with Crippen molar-refractivity contribution < 1.29 is 4.79 Å². The Bertz CT molecular complexity index is 587. The first kappa shape index (κ1) is 9.40. The molecule has 2 heteroatoms. The van der Waals surface area contributed by atoms with E-state index in [2.05, 4.69) is 6.07 Å². The summed E-state index contributed by atoms with van der Waals surface area (Å²) in [5, 5.41) is 2.13. The highest BCUT2D eigenvalue weighted by Gasteiger charge is 2.17. The summed E-state index contributed by atoms with van der Waals surface area (Å²) in [5.74, 6) is 0.256. The van der Waals surface area contributed by atoms with Gasteiger partial charge in [0.1, 0.15) is 0 Å². The van der Waals surface area contributed by atoms with E-state index < -0.39 is 0 Å². The Labute approximate surface area is 94.1 Å². The van der Waals surface area contributed by atoms with Gasteiger partial charge >= 0.3 is 0 Å². The van der Waals surface area contributed by atoms with Crippen LogP contribution in [0.1, 0.15) is 28.8 Å². The van der Waals surface area contributed by atoms with E-state index in [1.165, 1.54) is 5.56 Å². The van der Waals surface area contributed by atoms with Gasteiger partial charge in [-0.15, -0.1) is 0 Å². The van der Waals surface area contributed by atoms with E-state index in [1.807, 2.05) is 24.3 Å². The minimum absolute atomic E-state index is 0.256. The maximum absolute atomic E-state index is 11.8. The van der Waals surface area contributed by atoms with Crippen LogP contribution in [0.3, 0.4) is 0 Å². The summed E-state index contributed by atoms with van der Waals surface area (Å²) in [5.41, 5.74) is 8.72. The zero-order valence-electron chi connectivity index (χ0n) is 8.99. The average Bonchev–Trinajstić information content (AvgIpc) is 2.28. The summed E-state index contributed by atoms with van der Waals surface area (Å²) in [6.07, 6.45) is 2.65. The highest BCUT2D eigenvalue weighted by molar-refractivity contribution is 6.04. The predicted octanol–water partition coefficient (Wildman–Crippen LogP) is 2.94. The second-order valence-corrected chi connectivity index (χ2v) is 4.35. The van der Waals surface area contributed by atoms with Crippen molar-refractivity contribution in [2.45, 2.75) is 19.3 Å². The summed E-state index contributed by atoms with van der Waals surface area (Å²) in [7, 11) is 0. The van der Waals surface area contributed by atoms with E-state index in [9.17, 15) is 4.79 Å². The number of benzene rings is 2. The normalized spacial score (nSPS) is 15.1. The van der Waals surface area contributed by atoms with Gasteiger partial charge in [-0.25, -0.2) is 0 Å². The number of nitrogens with two attached hydrogens (primary N) is 1. The number of rotatable bonds is 0. The first-order chi connectivity index (χ1) is 7.75. The van der Waals surface area contributed by atoms with Crippen LogP contribution in [-0.2, 0) is 6.42 Å². The molecule has 0 aromatic heterocycles. The zero-order valence-corrected chi connectivity index (χ0v) is 8.99. The van der Waals surface area contributed by atoms with Crippen LogP contribution in [0.4, 0.5) is 5.69 Å². The molecule has 0 aliphatic heterocycles. The summed E-state index contributed by atoms with van der Waals surface area (Å²) in [6.45, 7) is 0. The molecule has 3 rings (SSSR count). The Hall–Kier alpha value is -1.83. The molecule has 2 nitrogen and oxygen atoms in total. The van der Waals surface area contributed by atoms with E-state index in [0.717, 1.165) is 34.9 Å². The van der Waals surface area contributed by atoms with Crippen LogP contribution in [0.15, 0.2) is 30.3 Å². The SMILES string of the molecule is Nc1cccc2cc3c(cc12)C(=O)CCC3. The molecule has 0 unspecified atom stereocenters. The minimum Gasteiger partial charge on any atom is -0.398 e. The molecule has 0 amide bonds. The van der Waals surface area contributed by atoms with Gasteiger partial charge in [0.15, 0.2) is 5.78 Å². The molecule has 1 aliphatic carbocycles. The molecule has 16 heavy (non-hydrogen) atoms. The standard InChI is InChI=1S/C14H13NO/c15-13-5-1-3-9-7-10-4-2-6-14(16)12(10)8-11(9)13/h1,3,5,7-8H,2,4,6,15H2. The maximum Gasteiger partial charge on any atom is 0.163 e. The number of Topliss-reactive ketones (excluding diaryl/α,β-unsaturated/α-hetero) is 1. The van der Waals surface area contributed by atoms with Gasteiger partial charge in [0, 0.05) is 23.1 Å². The molecule has 0 saturated carbocycles. The van der Waals surface area contributed by atoms with Gasteiger partial charge in [0.2, 0.25) is 0 Å². The molecule has 0 heterocycles. The molecular weight excluding hydrogens is 198 g/mol. The lowest BCUT2D eigenvalue weighted by Crippen LogP contribution is -2.10. The topological polar surface area (TPSA) is 43.1 Å². The molecule has 2 N–H and O–H groups in total. The van der Waals surface area contributed by atoms with E-state index in [0.29, 0.717) is 6.42 Å². The second kappa shape index (κ2) is 3.34. The monoisotopic (exact) mass is 211 g/mol. The lowest BCUT2D eigenvalue weighted by atomic mass is 9.88. The van der Waals surface area contributed by atoms with Crippen molar-refractivity contribution in [2.24, 2.45) is 0 Å². The number of fused-ring (bicyclic) bond motifs is 2. The van der Waals surface area contributed by atoms with Gasteiger partial charge in [-0.2, -0.15) is 0 Å². The predicted molar refractivity (Wildman–Crippen MR) is 65.6 cm³/mol. The molecule has 2 aromatic rings. The van der Waals surface area contributed by atoms with Crippen molar-refractivity contribution in [1.29, 1.82) is 0 Å². The van der Waals surface area contributed by atoms with Gasteiger partial charge in [0.25, 0.3) is 0 Å². The molecule has 80 valence electrons. The number of anilines is 1. The molecule has 0 atom stereocenters. The number of ketones is 1. The number of hydrogen-bond donors (Lipinski definition) is 1. The molecule has 2 aromatic carbocycles. The highest BCUT2D eigenvalue weighted by Crippen LogP contribution is 2.29. The van der Waals surface area contributed by atoms with Crippen molar-refractivity contribution in [3.63, 3.8) is 0 Å². The van der Waals surface area contributed by atoms with Crippen LogP contribution >= 0.6 is 0 Å². The van der Waals surface area contributed by atoms with Crippen LogP contribution in [0.5, 0.6) is 0 Å². The largest absolute Gasteiger partial charge is 0.398 e. The smallest absolute Gasteiger partial charge is 0.163 e. The fourth-order valence-corrected chi connectivity index (χ4v) is 2.44. The average molecular weight is 211 g/mol. The fraction of sp³-hybridized carbons (Fsp3) is 0.214. The van der Waals surface area contributed by atoms with Crippen LogP contribution in [0, 0.1) is 0 Å². The van der Waals surface area contributed by atoms with E-state index in [4.69, 9.17) is 5.73 Å². The van der Waals surface area contributed by atoms with Gasteiger partial charge in [-0.1, -0.05) is 18.2 Å². The lowest BCUT2D eigenvalue weighted by molar-refractivity contribution is 0.0972. The van der Waals surface area contributed by atoms with Gasteiger partial charge in [0.05, 0.1) is 0 Å². The molecule has 0 bridgehead atoms. The van der Waals surface area contributed by atoms with Crippen molar-refractivity contribution in [2.75, 3.05) is 5.73 Å². The van der Waals surface area contributed by atoms with Crippen LogP contribution < -0.4 is 5.73 Å².